The minimum Gasteiger partial charge on any atom is -0.477 e. The zero-order valence-corrected chi connectivity index (χ0v) is 5.66. The zero-order valence-electron chi connectivity index (χ0n) is 5.66. The molecule has 0 aromatic rings. The van der Waals surface area contributed by atoms with Crippen molar-refractivity contribution in [3.05, 3.63) is 0 Å². The van der Waals surface area contributed by atoms with Crippen LogP contribution in [0.4, 0.5) is 0 Å². The van der Waals surface area contributed by atoms with Crippen LogP contribution in [-0.2, 0) is 4.79 Å². The second-order valence-electron chi connectivity index (χ2n) is 2.63. The lowest BCUT2D eigenvalue weighted by molar-refractivity contribution is -0.901. The van der Waals surface area contributed by atoms with E-state index in [-0.39, 0.29) is 17.8 Å². The fourth-order valence-corrected chi connectivity index (χ4v) is 0.416. The van der Waals surface area contributed by atoms with Gasteiger partial charge in [0.25, 0.3) is 0 Å². The van der Waals surface area contributed by atoms with Gasteiger partial charge in [-0.2, -0.15) is 0 Å². The molecule has 54 valence electrons. The number of aliphatic carboxylic acids is 1. The molecule has 0 fully saturated rings. The van der Waals surface area contributed by atoms with Crippen LogP contribution in [0.15, 0.2) is 0 Å². The van der Waals surface area contributed by atoms with E-state index in [4.69, 9.17) is 10.2 Å². The Morgan fingerprint density at radius 1 is 1.56 bits per heavy atom. The predicted octanol–water partition coefficient (Wildman–Crippen LogP) is -0.903. The Bertz CT molecular complexity index is 111. The monoisotopic (exact) mass is 134 g/mol. The first-order valence-electron chi connectivity index (χ1n) is 2.62. The number of aliphatic hydroxyl groups is 1. The van der Waals surface area contributed by atoms with E-state index in [0.29, 0.717) is 0 Å². The Kier molecular flexibility index (Phi) is 2.61. The molecule has 0 aromatic heterocycles. The molecule has 0 heterocycles. The lowest BCUT2D eigenvalue weighted by Gasteiger charge is -2.23. The summed E-state index contributed by atoms with van der Waals surface area (Å²) < 4.78 is 0.106. The summed E-state index contributed by atoms with van der Waals surface area (Å²) in [6.45, 7) is -0.192. The molecule has 0 aliphatic rings. The Balaban J connectivity index is 3.71. The second-order valence-corrected chi connectivity index (χ2v) is 2.63. The van der Waals surface area contributed by atoms with Crippen molar-refractivity contribution in [2.45, 2.75) is 0 Å². The number of carboxylic acids is 1. The van der Waals surface area contributed by atoms with Crippen molar-refractivity contribution in [3.8, 4) is 0 Å². The molecule has 0 aliphatic carbocycles. The third-order valence-corrected chi connectivity index (χ3v) is 0.946. The number of carbonyl (C=O) groups is 1. The van der Waals surface area contributed by atoms with Gasteiger partial charge in [-0.15, -0.1) is 0 Å². The van der Waals surface area contributed by atoms with Crippen molar-refractivity contribution in [2.24, 2.45) is 0 Å². The van der Waals surface area contributed by atoms with E-state index < -0.39 is 5.97 Å². The van der Waals surface area contributed by atoms with Crippen molar-refractivity contribution in [1.29, 1.82) is 0 Å². The average Bonchev–Trinajstić information content (AvgIpc) is 1.63. The minimum absolute atomic E-state index is 0.0451. The van der Waals surface area contributed by atoms with Crippen LogP contribution in [0.1, 0.15) is 0 Å². The number of quaternary nitrogens is 1. The molecule has 0 unspecified atom stereocenters. The normalized spacial score (nSPS) is 11.4. The molecular weight excluding hydrogens is 122 g/mol. The SMILES string of the molecule is C[N+](C)(CO)CC(=O)O. The van der Waals surface area contributed by atoms with E-state index >= 15 is 0 Å². The van der Waals surface area contributed by atoms with Crippen LogP contribution >= 0.6 is 0 Å². The standard InChI is InChI=1S/C5H11NO3/c1-6(2,4-7)3-5(8)9/h7H,3-4H2,1-2H3/p+1. The smallest absolute Gasteiger partial charge is 0.359 e. The first-order chi connectivity index (χ1) is 3.98. The predicted molar refractivity (Wildman–Crippen MR) is 31.7 cm³/mol. The maximum absolute atomic E-state index is 10.0. The molecule has 0 saturated carbocycles. The van der Waals surface area contributed by atoms with E-state index in [1.807, 2.05) is 0 Å². The Labute approximate surface area is 53.9 Å². The van der Waals surface area contributed by atoms with Gasteiger partial charge in [0.05, 0.1) is 14.1 Å². The van der Waals surface area contributed by atoms with Crippen molar-refractivity contribution >= 4 is 5.97 Å². The molecule has 0 amide bonds. The molecule has 2 N–H and O–H groups in total. The van der Waals surface area contributed by atoms with Crippen molar-refractivity contribution in [3.63, 3.8) is 0 Å². The highest BCUT2D eigenvalue weighted by Gasteiger charge is 2.16. The summed E-state index contributed by atoms with van der Waals surface area (Å²) in [5.41, 5.74) is 0. The van der Waals surface area contributed by atoms with Gasteiger partial charge in [0.15, 0.2) is 13.3 Å². The molecule has 0 atom stereocenters. The number of aliphatic hydroxyl groups excluding tert-OH is 1. The van der Waals surface area contributed by atoms with E-state index in [0.717, 1.165) is 0 Å². The summed E-state index contributed by atoms with van der Waals surface area (Å²) in [6, 6.07) is 0. The van der Waals surface area contributed by atoms with Gasteiger partial charge in [-0.3, -0.25) is 4.48 Å². The van der Waals surface area contributed by atoms with Crippen LogP contribution in [0.3, 0.4) is 0 Å². The molecule has 0 aromatic carbocycles. The van der Waals surface area contributed by atoms with Crippen LogP contribution in [0.25, 0.3) is 0 Å². The molecule has 9 heavy (non-hydrogen) atoms. The summed E-state index contributed by atoms with van der Waals surface area (Å²) in [6.07, 6.45) is 0. The van der Waals surface area contributed by atoms with Gasteiger partial charge in [0, 0.05) is 0 Å². The molecule has 0 bridgehead atoms. The van der Waals surface area contributed by atoms with Crippen molar-refractivity contribution < 1.29 is 19.5 Å². The molecule has 0 aliphatic heterocycles. The maximum atomic E-state index is 10.0. The summed E-state index contributed by atoms with van der Waals surface area (Å²) in [4.78, 5) is 10.0. The number of carboxylic acid groups (broad SMARTS) is 1. The Hall–Kier alpha value is -0.610. The van der Waals surface area contributed by atoms with E-state index in [2.05, 4.69) is 0 Å². The van der Waals surface area contributed by atoms with E-state index in [9.17, 15) is 4.79 Å². The molecule has 4 heteroatoms. The minimum atomic E-state index is -0.894. The highest BCUT2D eigenvalue weighted by Crippen LogP contribution is 1.91. The van der Waals surface area contributed by atoms with Gasteiger partial charge in [0.1, 0.15) is 0 Å². The summed E-state index contributed by atoms with van der Waals surface area (Å²) in [7, 11) is 3.29. The van der Waals surface area contributed by atoms with Crippen LogP contribution < -0.4 is 0 Å². The second kappa shape index (κ2) is 2.80. The highest BCUT2D eigenvalue weighted by atomic mass is 16.4. The topological polar surface area (TPSA) is 57.5 Å². The summed E-state index contributed by atoms with van der Waals surface area (Å²) in [5, 5.41) is 16.8. The number of hydrogen-bond donors (Lipinski definition) is 2. The number of likely N-dealkylation sites (N-methyl/N-ethyl adjacent to an activating group) is 1. The quantitative estimate of drug-likeness (QED) is 0.388. The van der Waals surface area contributed by atoms with Gasteiger partial charge in [-0.1, -0.05) is 0 Å². The Morgan fingerprint density at radius 3 is 2.11 bits per heavy atom. The van der Waals surface area contributed by atoms with Gasteiger partial charge >= 0.3 is 5.97 Å². The fourth-order valence-electron chi connectivity index (χ4n) is 0.416. The Morgan fingerprint density at radius 2 is 2.00 bits per heavy atom. The molecular formula is C5H12NO3+. The van der Waals surface area contributed by atoms with Gasteiger partial charge < -0.3 is 10.2 Å². The van der Waals surface area contributed by atoms with Crippen molar-refractivity contribution in [1.82, 2.24) is 0 Å². The van der Waals surface area contributed by atoms with Gasteiger partial charge in [-0.25, -0.2) is 4.79 Å². The number of hydrogen-bond acceptors (Lipinski definition) is 2. The number of nitrogens with zero attached hydrogens (tertiary/aromatic N) is 1. The van der Waals surface area contributed by atoms with E-state index in [1.165, 1.54) is 0 Å². The van der Waals surface area contributed by atoms with Crippen molar-refractivity contribution in [2.75, 3.05) is 27.4 Å². The lowest BCUT2D eigenvalue weighted by Crippen LogP contribution is -2.44. The van der Waals surface area contributed by atoms with Crippen LogP contribution in [0.2, 0.25) is 0 Å². The largest absolute Gasteiger partial charge is 0.477 e. The first kappa shape index (κ1) is 8.39. The van der Waals surface area contributed by atoms with E-state index in [1.54, 1.807) is 14.1 Å². The molecule has 0 rings (SSSR count). The van der Waals surface area contributed by atoms with Crippen LogP contribution in [0, 0.1) is 0 Å². The van der Waals surface area contributed by atoms with Crippen LogP contribution in [0.5, 0.6) is 0 Å². The maximum Gasteiger partial charge on any atom is 0.359 e. The third kappa shape index (κ3) is 3.93. The molecule has 0 radical (unpaired) electrons. The lowest BCUT2D eigenvalue weighted by atomic mass is 10.5. The zero-order chi connectivity index (χ0) is 7.49. The first-order valence-corrected chi connectivity index (χ1v) is 2.62. The summed E-state index contributed by atoms with van der Waals surface area (Å²) >= 11 is 0. The highest BCUT2D eigenvalue weighted by molar-refractivity contribution is 5.67. The fraction of sp³-hybridized carbons (Fsp3) is 0.800. The summed E-state index contributed by atoms with van der Waals surface area (Å²) in [5.74, 6) is -0.894. The molecule has 0 saturated heterocycles. The molecule has 4 nitrogen and oxygen atoms in total. The number of rotatable bonds is 3. The third-order valence-electron chi connectivity index (χ3n) is 0.946. The van der Waals surface area contributed by atoms with Gasteiger partial charge in [-0.05, 0) is 0 Å². The van der Waals surface area contributed by atoms with Gasteiger partial charge in [0.2, 0.25) is 0 Å². The average molecular weight is 134 g/mol. The molecule has 0 spiro atoms. The van der Waals surface area contributed by atoms with Crippen LogP contribution in [-0.4, -0.2) is 48.0 Å².